The molecule has 0 bridgehead atoms. The van der Waals surface area contributed by atoms with Gasteiger partial charge in [0.2, 0.25) is 5.91 Å². The van der Waals surface area contributed by atoms with Crippen molar-refractivity contribution >= 4 is 12.0 Å². The summed E-state index contributed by atoms with van der Waals surface area (Å²) in [4.78, 5) is 11.5. The zero-order valence-electron chi connectivity index (χ0n) is 11.9. The van der Waals surface area contributed by atoms with Gasteiger partial charge in [0.05, 0.1) is 21.3 Å². The fourth-order valence-corrected chi connectivity index (χ4v) is 1.58. The standard InChI is InChI=1S/C15H19NO4/c1-5-8-16-15(17)7-6-11-9-13(19-3)14(20-4)10-12(11)18-2/h5-7,9-10H,1,8H2,2-4H3,(H,16,17). The van der Waals surface area contributed by atoms with E-state index in [9.17, 15) is 4.79 Å². The molecule has 0 saturated heterocycles. The van der Waals surface area contributed by atoms with Crippen LogP contribution in [0.5, 0.6) is 17.2 Å². The minimum atomic E-state index is -0.207. The molecule has 5 heteroatoms. The molecule has 0 unspecified atom stereocenters. The Morgan fingerprint density at radius 3 is 2.30 bits per heavy atom. The van der Waals surface area contributed by atoms with Crippen LogP contribution in [0.2, 0.25) is 0 Å². The molecule has 108 valence electrons. The van der Waals surface area contributed by atoms with Crippen molar-refractivity contribution in [3.63, 3.8) is 0 Å². The smallest absolute Gasteiger partial charge is 0.244 e. The summed E-state index contributed by atoms with van der Waals surface area (Å²) >= 11 is 0. The first-order valence-electron chi connectivity index (χ1n) is 6.03. The van der Waals surface area contributed by atoms with E-state index in [-0.39, 0.29) is 5.91 Å². The first kappa shape index (κ1) is 15.6. The number of benzene rings is 1. The molecular formula is C15H19NO4. The van der Waals surface area contributed by atoms with Crippen molar-refractivity contribution in [1.82, 2.24) is 5.32 Å². The molecule has 0 saturated carbocycles. The van der Waals surface area contributed by atoms with Crippen molar-refractivity contribution in [1.29, 1.82) is 0 Å². The van der Waals surface area contributed by atoms with Gasteiger partial charge in [-0.2, -0.15) is 0 Å². The molecule has 1 amide bonds. The van der Waals surface area contributed by atoms with Crippen LogP contribution in [0.1, 0.15) is 5.56 Å². The summed E-state index contributed by atoms with van der Waals surface area (Å²) in [5, 5.41) is 2.65. The second-order valence-corrected chi connectivity index (χ2v) is 3.82. The third kappa shape index (κ3) is 4.05. The van der Waals surface area contributed by atoms with Gasteiger partial charge in [-0.05, 0) is 12.1 Å². The second kappa shape index (κ2) is 7.89. The van der Waals surface area contributed by atoms with E-state index < -0.39 is 0 Å². The Hall–Kier alpha value is -2.43. The maximum atomic E-state index is 11.5. The average Bonchev–Trinajstić information content (AvgIpc) is 2.49. The molecule has 1 rings (SSSR count). The van der Waals surface area contributed by atoms with Crippen LogP contribution in [0.4, 0.5) is 0 Å². The first-order valence-corrected chi connectivity index (χ1v) is 6.03. The summed E-state index contributed by atoms with van der Waals surface area (Å²) < 4.78 is 15.7. The summed E-state index contributed by atoms with van der Waals surface area (Å²) in [6.45, 7) is 3.95. The average molecular weight is 277 g/mol. The van der Waals surface area contributed by atoms with Crippen LogP contribution in [0.25, 0.3) is 6.08 Å². The third-order valence-electron chi connectivity index (χ3n) is 2.57. The SMILES string of the molecule is C=CCNC(=O)C=Cc1cc(OC)c(OC)cc1OC. The van der Waals surface area contributed by atoms with Gasteiger partial charge in [0.1, 0.15) is 5.75 Å². The Balaban J connectivity index is 3.01. The van der Waals surface area contributed by atoms with E-state index in [1.165, 1.54) is 6.08 Å². The molecule has 20 heavy (non-hydrogen) atoms. The highest BCUT2D eigenvalue weighted by Gasteiger charge is 2.10. The lowest BCUT2D eigenvalue weighted by molar-refractivity contribution is -0.116. The van der Waals surface area contributed by atoms with E-state index >= 15 is 0 Å². The summed E-state index contributed by atoms with van der Waals surface area (Å²) in [5.41, 5.74) is 0.721. The number of carbonyl (C=O) groups is 1. The fraction of sp³-hybridized carbons (Fsp3) is 0.267. The number of carbonyl (C=O) groups excluding carboxylic acids is 1. The molecular weight excluding hydrogens is 258 g/mol. The van der Waals surface area contributed by atoms with Crippen molar-refractivity contribution in [3.05, 3.63) is 36.4 Å². The van der Waals surface area contributed by atoms with E-state index in [1.807, 2.05) is 0 Å². The molecule has 1 aromatic carbocycles. The maximum Gasteiger partial charge on any atom is 0.244 e. The number of rotatable bonds is 7. The molecule has 0 fully saturated rings. The Bertz CT molecular complexity index is 509. The molecule has 0 aliphatic rings. The lowest BCUT2D eigenvalue weighted by Gasteiger charge is -2.12. The van der Waals surface area contributed by atoms with Crippen molar-refractivity contribution in [2.75, 3.05) is 27.9 Å². The van der Waals surface area contributed by atoms with Gasteiger partial charge < -0.3 is 19.5 Å². The number of hydrogen-bond donors (Lipinski definition) is 1. The highest BCUT2D eigenvalue weighted by atomic mass is 16.5. The van der Waals surface area contributed by atoms with Crippen molar-refractivity contribution in [2.45, 2.75) is 0 Å². The van der Waals surface area contributed by atoms with Gasteiger partial charge in [0.15, 0.2) is 11.5 Å². The molecule has 1 aromatic rings. The molecule has 5 nitrogen and oxygen atoms in total. The van der Waals surface area contributed by atoms with Crippen LogP contribution < -0.4 is 19.5 Å². The molecule has 1 N–H and O–H groups in total. The summed E-state index contributed by atoms with van der Waals surface area (Å²) in [7, 11) is 4.65. The molecule has 0 spiro atoms. The van der Waals surface area contributed by atoms with Crippen molar-refractivity contribution in [3.8, 4) is 17.2 Å². The van der Waals surface area contributed by atoms with Gasteiger partial charge in [0.25, 0.3) is 0 Å². The van der Waals surface area contributed by atoms with Crippen LogP contribution in [0.3, 0.4) is 0 Å². The van der Waals surface area contributed by atoms with Gasteiger partial charge in [-0.1, -0.05) is 6.08 Å². The zero-order valence-corrected chi connectivity index (χ0v) is 11.9. The van der Waals surface area contributed by atoms with Crippen LogP contribution in [-0.2, 0) is 4.79 Å². The molecule has 0 radical (unpaired) electrons. The van der Waals surface area contributed by atoms with E-state index in [0.717, 1.165) is 5.56 Å². The monoisotopic (exact) mass is 277 g/mol. The summed E-state index contributed by atoms with van der Waals surface area (Å²) in [6, 6.07) is 3.45. The third-order valence-corrected chi connectivity index (χ3v) is 2.57. The number of ether oxygens (including phenoxy) is 3. The number of nitrogens with one attached hydrogen (secondary N) is 1. The minimum Gasteiger partial charge on any atom is -0.496 e. The topological polar surface area (TPSA) is 56.8 Å². The lowest BCUT2D eigenvalue weighted by atomic mass is 10.1. The Kier molecular flexibility index (Phi) is 6.16. The van der Waals surface area contributed by atoms with Crippen LogP contribution in [0, 0.1) is 0 Å². The highest BCUT2D eigenvalue weighted by molar-refractivity contribution is 5.92. The Morgan fingerprint density at radius 1 is 1.15 bits per heavy atom. The predicted octanol–water partition coefficient (Wildman–Crippen LogP) is 2.03. The van der Waals surface area contributed by atoms with Crippen LogP contribution >= 0.6 is 0 Å². The number of hydrogen-bond acceptors (Lipinski definition) is 4. The van der Waals surface area contributed by atoms with E-state index in [0.29, 0.717) is 23.8 Å². The Labute approximate surface area is 118 Å². The molecule has 0 atom stereocenters. The van der Waals surface area contributed by atoms with Gasteiger partial charge in [0, 0.05) is 24.3 Å². The molecule has 0 aliphatic carbocycles. The van der Waals surface area contributed by atoms with Crippen molar-refractivity contribution < 1.29 is 19.0 Å². The fourth-order valence-electron chi connectivity index (χ4n) is 1.58. The van der Waals surface area contributed by atoms with Gasteiger partial charge >= 0.3 is 0 Å². The summed E-state index contributed by atoms with van der Waals surface area (Å²) in [5.74, 6) is 1.52. The van der Waals surface area contributed by atoms with Gasteiger partial charge in [-0.25, -0.2) is 0 Å². The van der Waals surface area contributed by atoms with E-state index in [4.69, 9.17) is 14.2 Å². The first-order chi connectivity index (χ1) is 9.65. The van der Waals surface area contributed by atoms with Gasteiger partial charge in [-0.15, -0.1) is 6.58 Å². The van der Waals surface area contributed by atoms with Gasteiger partial charge in [-0.3, -0.25) is 4.79 Å². The number of methoxy groups -OCH3 is 3. The lowest BCUT2D eigenvalue weighted by Crippen LogP contribution is -2.20. The largest absolute Gasteiger partial charge is 0.496 e. The van der Waals surface area contributed by atoms with E-state index in [1.54, 1.807) is 45.6 Å². The minimum absolute atomic E-state index is 0.207. The number of amides is 1. The van der Waals surface area contributed by atoms with E-state index in [2.05, 4.69) is 11.9 Å². The Morgan fingerprint density at radius 2 is 1.75 bits per heavy atom. The predicted molar refractivity (Wildman–Crippen MR) is 78.3 cm³/mol. The quantitative estimate of drug-likeness (QED) is 0.612. The summed E-state index contributed by atoms with van der Waals surface area (Å²) in [6.07, 6.45) is 4.69. The maximum absolute atomic E-state index is 11.5. The second-order valence-electron chi connectivity index (χ2n) is 3.82. The van der Waals surface area contributed by atoms with Crippen LogP contribution in [-0.4, -0.2) is 33.8 Å². The van der Waals surface area contributed by atoms with Crippen LogP contribution in [0.15, 0.2) is 30.9 Å². The molecule has 0 aliphatic heterocycles. The molecule has 0 heterocycles. The zero-order chi connectivity index (χ0) is 15.0. The normalized spacial score (nSPS) is 10.2. The highest BCUT2D eigenvalue weighted by Crippen LogP contribution is 2.35. The van der Waals surface area contributed by atoms with Crippen molar-refractivity contribution in [2.24, 2.45) is 0 Å². The molecule has 0 aromatic heterocycles.